The van der Waals surface area contributed by atoms with Crippen molar-refractivity contribution in [1.82, 2.24) is 5.32 Å². The molecule has 0 fully saturated rings. The van der Waals surface area contributed by atoms with Crippen LogP contribution in [-0.2, 0) is 0 Å². The van der Waals surface area contributed by atoms with Crippen LogP contribution >= 0.6 is 46.4 Å². The van der Waals surface area contributed by atoms with Gasteiger partial charge in [0.05, 0.1) is 32.2 Å². The Hall–Kier alpha value is -0.100. The molecule has 0 aromatic heterocycles. The molecule has 1 aromatic rings. The summed E-state index contributed by atoms with van der Waals surface area (Å²) < 4.78 is 0. The topological polar surface area (TPSA) is 12.0 Å². The highest BCUT2D eigenvalue weighted by Crippen LogP contribution is 2.36. The van der Waals surface area contributed by atoms with Gasteiger partial charge in [-0.25, -0.2) is 0 Å². The first kappa shape index (κ1) is 14.0. The highest BCUT2D eigenvalue weighted by Gasteiger charge is 2.11. The molecular formula is C11H9Cl4N. The molecule has 0 saturated carbocycles. The highest BCUT2D eigenvalue weighted by atomic mass is 35.5. The van der Waals surface area contributed by atoms with Gasteiger partial charge in [-0.15, -0.1) is 0 Å². The van der Waals surface area contributed by atoms with Crippen molar-refractivity contribution in [2.75, 3.05) is 13.1 Å². The van der Waals surface area contributed by atoms with Crippen molar-refractivity contribution < 1.29 is 0 Å². The van der Waals surface area contributed by atoms with E-state index in [1.807, 2.05) is 6.92 Å². The van der Waals surface area contributed by atoms with Gasteiger partial charge in [0.1, 0.15) is 0 Å². The smallest absolute Gasteiger partial charge is 0.0764 e. The molecule has 1 rings (SSSR count). The van der Waals surface area contributed by atoms with E-state index in [2.05, 4.69) is 17.2 Å². The lowest BCUT2D eigenvalue weighted by Crippen LogP contribution is -2.11. The minimum atomic E-state index is 0.333. The van der Waals surface area contributed by atoms with E-state index in [-0.39, 0.29) is 0 Å². The van der Waals surface area contributed by atoms with Crippen LogP contribution in [0.15, 0.2) is 6.07 Å². The van der Waals surface area contributed by atoms with Gasteiger partial charge < -0.3 is 5.32 Å². The third kappa shape index (κ3) is 3.45. The Bertz CT molecular complexity index is 419. The summed E-state index contributed by atoms with van der Waals surface area (Å²) in [5.74, 6) is 5.74. The summed E-state index contributed by atoms with van der Waals surface area (Å²) in [4.78, 5) is 0. The molecular weight excluding hydrogens is 288 g/mol. The average molecular weight is 297 g/mol. The Balaban J connectivity index is 3.06. The van der Waals surface area contributed by atoms with Crippen LogP contribution in [0.3, 0.4) is 0 Å². The lowest BCUT2D eigenvalue weighted by Gasteiger charge is -2.04. The zero-order valence-electron chi connectivity index (χ0n) is 8.50. The van der Waals surface area contributed by atoms with Crippen molar-refractivity contribution in [3.8, 4) is 11.8 Å². The second-order valence-electron chi connectivity index (χ2n) is 2.93. The fourth-order valence-corrected chi connectivity index (χ4v) is 1.91. The maximum Gasteiger partial charge on any atom is 0.0764 e. The summed E-state index contributed by atoms with van der Waals surface area (Å²) in [6.07, 6.45) is 0. The zero-order chi connectivity index (χ0) is 12.1. The summed E-state index contributed by atoms with van der Waals surface area (Å²) in [6, 6.07) is 1.50. The predicted octanol–water partition coefficient (Wildman–Crippen LogP) is 4.26. The van der Waals surface area contributed by atoms with Gasteiger partial charge in [-0.2, -0.15) is 0 Å². The quantitative estimate of drug-likeness (QED) is 0.488. The number of rotatable bonds is 2. The molecule has 16 heavy (non-hydrogen) atoms. The van der Waals surface area contributed by atoms with E-state index in [4.69, 9.17) is 46.4 Å². The first-order valence-electron chi connectivity index (χ1n) is 4.60. The summed E-state index contributed by atoms with van der Waals surface area (Å²) in [5, 5.41) is 4.43. The van der Waals surface area contributed by atoms with Gasteiger partial charge in [-0.1, -0.05) is 65.2 Å². The number of halogens is 4. The summed E-state index contributed by atoms with van der Waals surface area (Å²) >= 11 is 23.7. The Morgan fingerprint density at radius 2 is 1.69 bits per heavy atom. The minimum absolute atomic E-state index is 0.333. The molecule has 0 aliphatic heterocycles. The molecule has 0 unspecified atom stereocenters. The normalized spacial score (nSPS) is 9.81. The second kappa shape index (κ2) is 6.59. The van der Waals surface area contributed by atoms with Gasteiger partial charge in [-0.05, 0) is 12.6 Å². The van der Waals surface area contributed by atoms with Crippen LogP contribution in [0.5, 0.6) is 0 Å². The van der Waals surface area contributed by atoms with Gasteiger partial charge in [0.25, 0.3) is 0 Å². The Morgan fingerprint density at radius 1 is 1.12 bits per heavy atom. The van der Waals surface area contributed by atoms with Crippen molar-refractivity contribution in [1.29, 1.82) is 0 Å². The van der Waals surface area contributed by atoms with E-state index in [1.165, 1.54) is 6.07 Å². The van der Waals surface area contributed by atoms with E-state index >= 15 is 0 Å². The van der Waals surface area contributed by atoms with Crippen molar-refractivity contribution >= 4 is 46.4 Å². The van der Waals surface area contributed by atoms with Crippen LogP contribution in [0.2, 0.25) is 20.1 Å². The van der Waals surface area contributed by atoms with E-state index in [0.717, 1.165) is 6.54 Å². The number of hydrogen-bond donors (Lipinski definition) is 1. The van der Waals surface area contributed by atoms with Crippen molar-refractivity contribution in [3.05, 3.63) is 31.7 Å². The molecule has 86 valence electrons. The van der Waals surface area contributed by atoms with Crippen LogP contribution < -0.4 is 5.32 Å². The van der Waals surface area contributed by atoms with Crippen LogP contribution in [0.1, 0.15) is 12.5 Å². The molecule has 0 atom stereocenters. The lowest BCUT2D eigenvalue weighted by molar-refractivity contribution is 0.811. The number of benzene rings is 1. The largest absolute Gasteiger partial charge is 0.306 e. The fraction of sp³-hybridized carbons (Fsp3) is 0.273. The molecule has 1 aromatic carbocycles. The monoisotopic (exact) mass is 295 g/mol. The lowest BCUT2D eigenvalue weighted by atomic mass is 10.2. The SMILES string of the molecule is CCNCC#Cc1c(Cl)c(Cl)cc(Cl)c1Cl. The van der Waals surface area contributed by atoms with Crippen LogP contribution in [-0.4, -0.2) is 13.1 Å². The number of nitrogens with one attached hydrogen (secondary N) is 1. The van der Waals surface area contributed by atoms with Crippen LogP contribution in [0, 0.1) is 11.8 Å². The molecule has 0 aliphatic carbocycles. The van der Waals surface area contributed by atoms with E-state index in [0.29, 0.717) is 32.2 Å². The molecule has 0 heterocycles. The summed E-state index contributed by atoms with van der Waals surface area (Å²) in [6.45, 7) is 3.41. The summed E-state index contributed by atoms with van der Waals surface area (Å²) in [7, 11) is 0. The zero-order valence-corrected chi connectivity index (χ0v) is 11.5. The molecule has 0 aliphatic rings. The summed E-state index contributed by atoms with van der Waals surface area (Å²) in [5.41, 5.74) is 0.471. The molecule has 1 N–H and O–H groups in total. The van der Waals surface area contributed by atoms with E-state index in [1.54, 1.807) is 0 Å². The molecule has 0 amide bonds. The van der Waals surface area contributed by atoms with Gasteiger partial charge in [0.2, 0.25) is 0 Å². The molecule has 0 spiro atoms. The van der Waals surface area contributed by atoms with Crippen molar-refractivity contribution in [3.63, 3.8) is 0 Å². The Morgan fingerprint density at radius 3 is 2.19 bits per heavy atom. The van der Waals surface area contributed by atoms with E-state index < -0.39 is 0 Å². The highest BCUT2D eigenvalue weighted by molar-refractivity contribution is 6.48. The second-order valence-corrected chi connectivity index (χ2v) is 4.50. The van der Waals surface area contributed by atoms with Gasteiger partial charge in [0.15, 0.2) is 0 Å². The average Bonchev–Trinajstić information content (AvgIpc) is 2.25. The van der Waals surface area contributed by atoms with Crippen LogP contribution in [0.25, 0.3) is 0 Å². The molecule has 1 nitrogen and oxygen atoms in total. The van der Waals surface area contributed by atoms with Gasteiger partial charge >= 0.3 is 0 Å². The molecule has 0 bridgehead atoms. The third-order valence-corrected chi connectivity index (χ3v) is 3.36. The number of hydrogen-bond acceptors (Lipinski definition) is 1. The standard InChI is InChI=1S/C11H9Cl4N/c1-2-16-5-3-4-7-10(14)8(12)6-9(13)11(7)15/h6,16H,2,5H2,1H3. The van der Waals surface area contributed by atoms with Crippen LogP contribution in [0.4, 0.5) is 0 Å². The fourth-order valence-electron chi connectivity index (χ4n) is 1.00. The first-order chi connectivity index (χ1) is 7.57. The predicted molar refractivity (Wildman–Crippen MR) is 71.9 cm³/mol. The van der Waals surface area contributed by atoms with Gasteiger partial charge in [0, 0.05) is 0 Å². The Labute approximate surface area is 115 Å². The van der Waals surface area contributed by atoms with Gasteiger partial charge in [-0.3, -0.25) is 0 Å². The third-order valence-electron chi connectivity index (χ3n) is 1.79. The maximum absolute atomic E-state index is 5.99. The van der Waals surface area contributed by atoms with Crippen molar-refractivity contribution in [2.24, 2.45) is 0 Å². The first-order valence-corrected chi connectivity index (χ1v) is 6.11. The maximum atomic E-state index is 5.99. The van der Waals surface area contributed by atoms with E-state index in [9.17, 15) is 0 Å². The molecule has 5 heteroatoms. The Kier molecular flexibility index (Phi) is 5.75. The minimum Gasteiger partial charge on any atom is -0.306 e. The molecule has 0 saturated heterocycles. The molecule has 0 radical (unpaired) electrons. The van der Waals surface area contributed by atoms with Crippen molar-refractivity contribution in [2.45, 2.75) is 6.92 Å².